The van der Waals surface area contributed by atoms with Crippen LogP contribution in [0.2, 0.25) is 0 Å². The van der Waals surface area contributed by atoms with Crippen molar-refractivity contribution >= 4 is 0 Å². The fraction of sp³-hybridized carbons (Fsp3) is 0.385. The van der Waals surface area contributed by atoms with Crippen molar-refractivity contribution in [2.24, 2.45) is 5.92 Å². The van der Waals surface area contributed by atoms with E-state index in [1.807, 2.05) is 6.92 Å². The summed E-state index contributed by atoms with van der Waals surface area (Å²) in [5.41, 5.74) is 3.56. The molecule has 0 N–H and O–H groups in total. The minimum Gasteiger partial charge on any atom is -0.115 e. The molecule has 0 aliphatic heterocycles. The molecular weight excluding hydrogens is 156 g/mol. The molecule has 0 aliphatic carbocycles. The van der Waals surface area contributed by atoms with Crippen molar-refractivity contribution in [2.45, 2.75) is 27.2 Å². The van der Waals surface area contributed by atoms with Crippen LogP contribution in [0.4, 0.5) is 0 Å². The fourth-order valence-electron chi connectivity index (χ4n) is 1.42. The van der Waals surface area contributed by atoms with E-state index in [0.29, 0.717) is 5.92 Å². The van der Waals surface area contributed by atoms with Crippen molar-refractivity contribution in [3.05, 3.63) is 34.9 Å². The number of hydrogen-bond donors (Lipinski definition) is 0. The lowest BCUT2D eigenvalue weighted by Crippen LogP contribution is -1.95. The fourth-order valence-corrected chi connectivity index (χ4v) is 1.42. The van der Waals surface area contributed by atoms with Gasteiger partial charge in [0.15, 0.2) is 0 Å². The van der Waals surface area contributed by atoms with E-state index in [1.165, 1.54) is 11.1 Å². The van der Waals surface area contributed by atoms with E-state index in [0.717, 1.165) is 12.0 Å². The molecule has 0 amide bonds. The van der Waals surface area contributed by atoms with Gasteiger partial charge in [-0.25, -0.2) is 0 Å². The molecule has 0 heterocycles. The maximum Gasteiger partial charge on any atom is 0.0274 e. The molecule has 0 aromatic heterocycles. The van der Waals surface area contributed by atoms with Crippen LogP contribution in [0, 0.1) is 25.2 Å². The number of terminal acetylenes is 1. The highest BCUT2D eigenvalue weighted by molar-refractivity contribution is 5.41. The summed E-state index contributed by atoms with van der Waals surface area (Å²) in [4.78, 5) is 0. The second kappa shape index (κ2) is 4.14. The van der Waals surface area contributed by atoms with Gasteiger partial charge in [-0.2, -0.15) is 0 Å². The van der Waals surface area contributed by atoms with E-state index < -0.39 is 0 Å². The van der Waals surface area contributed by atoms with Crippen LogP contribution in [0.5, 0.6) is 0 Å². The molecule has 1 rings (SSSR count). The molecule has 0 spiro atoms. The van der Waals surface area contributed by atoms with Gasteiger partial charge in [0.2, 0.25) is 0 Å². The second-order valence-corrected chi connectivity index (χ2v) is 3.89. The van der Waals surface area contributed by atoms with Crippen molar-refractivity contribution in [1.29, 1.82) is 0 Å². The number of hydrogen-bond acceptors (Lipinski definition) is 0. The number of rotatable bonds is 2. The first-order valence-electron chi connectivity index (χ1n) is 4.69. The third-order valence-electron chi connectivity index (χ3n) is 2.10. The summed E-state index contributed by atoms with van der Waals surface area (Å²) in [6.07, 6.45) is 6.51. The smallest absolute Gasteiger partial charge is 0.0274 e. The zero-order valence-corrected chi connectivity index (χ0v) is 8.59. The molecule has 0 aliphatic rings. The minimum absolute atomic E-state index is 0.688. The number of benzene rings is 1. The summed E-state index contributed by atoms with van der Waals surface area (Å²) in [5.74, 6) is 3.40. The molecular formula is C13H16. The van der Waals surface area contributed by atoms with Crippen LogP contribution >= 0.6 is 0 Å². The Morgan fingerprint density at radius 2 is 2.08 bits per heavy atom. The Hall–Kier alpha value is -1.22. The summed E-state index contributed by atoms with van der Waals surface area (Å²) in [7, 11) is 0. The van der Waals surface area contributed by atoms with Gasteiger partial charge in [0, 0.05) is 5.56 Å². The lowest BCUT2D eigenvalue weighted by Gasteiger charge is -2.06. The molecule has 1 aromatic carbocycles. The summed E-state index contributed by atoms with van der Waals surface area (Å²) in [6, 6.07) is 6.39. The third-order valence-corrected chi connectivity index (χ3v) is 2.10. The summed E-state index contributed by atoms with van der Waals surface area (Å²) in [5, 5.41) is 0. The van der Waals surface area contributed by atoms with E-state index in [1.54, 1.807) is 0 Å². The van der Waals surface area contributed by atoms with Crippen LogP contribution in [0.1, 0.15) is 30.5 Å². The Morgan fingerprint density at radius 1 is 1.38 bits per heavy atom. The van der Waals surface area contributed by atoms with E-state index in [4.69, 9.17) is 6.42 Å². The Morgan fingerprint density at radius 3 is 2.62 bits per heavy atom. The first kappa shape index (κ1) is 9.86. The largest absolute Gasteiger partial charge is 0.115 e. The van der Waals surface area contributed by atoms with Gasteiger partial charge in [0.05, 0.1) is 0 Å². The Balaban J connectivity index is 2.95. The minimum atomic E-state index is 0.688. The van der Waals surface area contributed by atoms with Crippen LogP contribution in [-0.2, 0) is 6.42 Å². The van der Waals surface area contributed by atoms with Gasteiger partial charge in [0.25, 0.3) is 0 Å². The quantitative estimate of drug-likeness (QED) is 0.601. The summed E-state index contributed by atoms with van der Waals surface area (Å²) >= 11 is 0. The summed E-state index contributed by atoms with van der Waals surface area (Å²) in [6.45, 7) is 6.49. The van der Waals surface area contributed by atoms with Crippen molar-refractivity contribution in [2.75, 3.05) is 0 Å². The first-order valence-corrected chi connectivity index (χ1v) is 4.69. The maximum absolute atomic E-state index is 5.40. The van der Waals surface area contributed by atoms with Gasteiger partial charge in [-0.15, -0.1) is 6.42 Å². The van der Waals surface area contributed by atoms with E-state index >= 15 is 0 Å². The van der Waals surface area contributed by atoms with E-state index in [9.17, 15) is 0 Å². The predicted octanol–water partition coefficient (Wildman–Crippen LogP) is 3.17. The molecule has 0 bridgehead atoms. The molecule has 68 valence electrons. The van der Waals surface area contributed by atoms with Crippen molar-refractivity contribution in [3.8, 4) is 12.3 Å². The van der Waals surface area contributed by atoms with Crippen LogP contribution in [0.15, 0.2) is 18.2 Å². The molecule has 0 saturated carbocycles. The Labute approximate surface area is 81.0 Å². The van der Waals surface area contributed by atoms with Crippen LogP contribution in [0.3, 0.4) is 0 Å². The highest BCUT2D eigenvalue weighted by atomic mass is 14.0. The predicted molar refractivity (Wildman–Crippen MR) is 57.7 cm³/mol. The van der Waals surface area contributed by atoms with Gasteiger partial charge in [-0.1, -0.05) is 31.9 Å². The second-order valence-electron chi connectivity index (χ2n) is 3.89. The Kier molecular flexibility index (Phi) is 3.14. The van der Waals surface area contributed by atoms with Crippen molar-refractivity contribution in [3.63, 3.8) is 0 Å². The molecule has 1 aromatic rings. The molecule has 0 nitrogen and oxygen atoms in total. The normalized spacial score (nSPS) is 10.1. The van der Waals surface area contributed by atoms with Gasteiger partial charge < -0.3 is 0 Å². The Bertz CT molecular complexity index is 326. The summed E-state index contributed by atoms with van der Waals surface area (Å²) < 4.78 is 0. The molecule has 0 unspecified atom stereocenters. The van der Waals surface area contributed by atoms with Crippen molar-refractivity contribution < 1.29 is 0 Å². The molecule has 0 heteroatoms. The SMILES string of the molecule is C#Cc1cc(CC(C)C)ccc1C. The van der Waals surface area contributed by atoms with Gasteiger partial charge in [-0.3, -0.25) is 0 Å². The first-order chi connectivity index (χ1) is 6.13. The highest BCUT2D eigenvalue weighted by Gasteiger charge is 2.00. The molecule has 0 radical (unpaired) electrons. The molecule has 13 heavy (non-hydrogen) atoms. The standard InChI is InChI=1S/C13H16/c1-5-13-9-12(8-10(2)3)7-6-11(13)4/h1,6-7,9-10H,8H2,2-4H3. The highest BCUT2D eigenvalue weighted by Crippen LogP contribution is 2.13. The molecule has 0 fully saturated rings. The zero-order valence-electron chi connectivity index (χ0n) is 8.59. The average molecular weight is 172 g/mol. The van der Waals surface area contributed by atoms with Crippen LogP contribution < -0.4 is 0 Å². The lowest BCUT2D eigenvalue weighted by molar-refractivity contribution is 0.647. The number of aryl methyl sites for hydroxylation is 1. The van der Waals surface area contributed by atoms with Crippen molar-refractivity contribution in [1.82, 2.24) is 0 Å². The van der Waals surface area contributed by atoms with Gasteiger partial charge in [-0.05, 0) is 36.5 Å². The monoisotopic (exact) mass is 172 g/mol. The lowest BCUT2D eigenvalue weighted by atomic mass is 9.99. The topological polar surface area (TPSA) is 0 Å². The van der Waals surface area contributed by atoms with Gasteiger partial charge in [0.1, 0.15) is 0 Å². The molecule has 0 atom stereocenters. The van der Waals surface area contributed by atoms with E-state index in [-0.39, 0.29) is 0 Å². The molecule has 0 saturated heterocycles. The maximum atomic E-state index is 5.40. The van der Waals surface area contributed by atoms with Gasteiger partial charge >= 0.3 is 0 Å². The zero-order chi connectivity index (χ0) is 9.84. The third kappa shape index (κ3) is 2.63. The van der Waals surface area contributed by atoms with Crippen LogP contribution in [0.25, 0.3) is 0 Å². The van der Waals surface area contributed by atoms with E-state index in [2.05, 4.69) is 38.0 Å². The van der Waals surface area contributed by atoms with Crippen LogP contribution in [-0.4, -0.2) is 0 Å². The average Bonchev–Trinajstić information content (AvgIpc) is 2.07.